The molecule has 2 aromatic carbocycles. The van der Waals surface area contributed by atoms with Crippen LogP contribution in [-0.4, -0.2) is 35.2 Å². The van der Waals surface area contributed by atoms with E-state index in [9.17, 15) is 14.4 Å². The average molecular weight is 444 g/mol. The fourth-order valence-corrected chi connectivity index (χ4v) is 4.67. The first kappa shape index (κ1) is 21.8. The SMILES string of the molecule is COC(=O)Cn1c(=NC(=O)CCSc2ccccc2)sc2cc(NC(C)=O)ccc21. The van der Waals surface area contributed by atoms with E-state index in [0.29, 0.717) is 16.2 Å². The first-order chi connectivity index (χ1) is 14.5. The van der Waals surface area contributed by atoms with E-state index in [0.717, 1.165) is 15.1 Å². The molecule has 1 N–H and O–H groups in total. The number of ether oxygens (including phenoxy) is 1. The molecule has 7 nitrogen and oxygen atoms in total. The Balaban J connectivity index is 1.85. The number of thioether (sulfide) groups is 1. The Labute approximate surface area is 181 Å². The molecule has 0 unspecified atom stereocenters. The van der Waals surface area contributed by atoms with E-state index in [2.05, 4.69) is 10.3 Å². The highest BCUT2D eigenvalue weighted by molar-refractivity contribution is 7.99. The molecular formula is C21H21N3O4S2. The summed E-state index contributed by atoms with van der Waals surface area (Å²) in [5.41, 5.74) is 1.38. The molecule has 0 aliphatic heterocycles. The van der Waals surface area contributed by atoms with Crippen molar-refractivity contribution in [3.05, 3.63) is 53.3 Å². The minimum absolute atomic E-state index is 0.0547. The normalized spacial score (nSPS) is 11.5. The molecule has 1 aromatic heterocycles. The summed E-state index contributed by atoms with van der Waals surface area (Å²) in [6.07, 6.45) is 0.281. The van der Waals surface area contributed by atoms with E-state index in [-0.39, 0.29) is 24.8 Å². The minimum atomic E-state index is -0.436. The predicted molar refractivity (Wildman–Crippen MR) is 118 cm³/mol. The highest BCUT2D eigenvalue weighted by Crippen LogP contribution is 2.22. The van der Waals surface area contributed by atoms with Gasteiger partial charge < -0.3 is 14.6 Å². The van der Waals surface area contributed by atoms with Gasteiger partial charge in [0, 0.05) is 29.7 Å². The first-order valence-corrected chi connectivity index (χ1v) is 11.0. The number of hydrogen-bond donors (Lipinski definition) is 1. The molecule has 0 aliphatic rings. The van der Waals surface area contributed by atoms with Gasteiger partial charge in [-0.3, -0.25) is 14.4 Å². The molecule has 3 aromatic rings. The average Bonchev–Trinajstić information content (AvgIpc) is 3.04. The summed E-state index contributed by atoms with van der Waals surface area (Å²) in [6, 6.07) is 15.2. The van der Waals surface area contributed by atoms with E-state index in [1.54, 1.807) is 34.5 Å². The largest absolute Gasteiger partial charge is 0.468 e. The maximum Gasteiger partial charge on any atom is 0.325 e. The van der Waals surface area contributed by atoms with Crippen molar-refractivity contribution in [2.75, 3.05) is 18.2 Å². The van der Waals surface area contributed by atoms with E-state index < -0.39 is 5.97 Å². The van der Waals surface area contributed by atoms with Gasteiger partial charge in [-0.1, -0.05) is 29.5 Å². The number of esters is 1. The minimum Gasteiger partial charge on any atom is -0.468 e. The van der Waals surface area contributed by atoms with Crippen molar-refractivity contribution in [1.29, 1.82) is 0 Å². The van der Waals surface area contributed by atoms with Crippen LogP contribution < -0.4 is 10.1 Å². The van der Waals surface area contributed by atoms with Crippen LogP contribution in [0.1, 0.15) is 13.3 Å². The molecule has 2 amide bonds. The molecule has 0 atom stereocenters. The van der Waals surface area contributed by atoms with Crippen LogP contribution in [0.5, 0.6) is 0 Å². The number of nitrogens with zero attached hydrogens (tertiary/aromatic N) is 2. The molecule has 3 rings (SSSR count). The molecule has 156 valence electrons. The van der Waals surface area contributed by atoms with Crippen LogP contribution in [-0.2, 0) is 25.7 Å². The molecule has 0 bridgehead atoms. The molecule has 0 spiro atoms. The number of benzene rings is 2. The molecule has 0 fully saturated rings. The highest BCUT2D eigenvalue weighted by Gasteiger charge is 2.13. The Hall–Kier alpha value is -2.91. The summed E-state index contributed by atoms with van der Waals surface area (Å²) in [7, 11) is 1.31. The van der Waals surface area contributed by atoms with Gasteiger partial charge in [-0.05, 0) is 30.3 Å². The van der Waals surface area contributed by atoms with Crippen LogP contribution in [0, 0.1) is 0 Å². The number of carbonyl (C=O) groups is 3. The Bertz CT molecular complexity index is 1140. The summed E-state index contributed by atoms with van der Waals surface area (Å²) < 4.78 is 7.24. The van der Waals surface area contributed by atoms with E-state index in [4.69, 9.17) is 4.74 Å². The standard InChI is InChI=1S/C21H21N3O4S2/c1-14(25)22-15-8-9-17-18(12-15)30-21(24(17)13-20(27)28-2)23-19(26)10-11-29-16-6-4-3-5-7-16/h3-9,12H,10-11,13H2,1-2H3,(H,22,25). The second-order valence-electron chi connectivity index (χ2n) is 6.33. The van der Waals surface area contributed by atoms with Crippen molar-refractivity contribution in [3.8, 4) is 0 Å². The number of rotatable bonds is 7. The van der Waals surface area contributed by atoms with Crippen molar-refractivity contribution >= 4 is 56.8 Å². The number of aromatic nitrogens is 1. The quantitative estimate of drug-likeness (QED) is 0.446. The third-order valence-electron chi connectivity index (χ3n) is 4.07. The number of fused-ring (bicyclic) bond motifs is 1. The number of methoxy groups -OCH3 is 1. The Kier molecular flexibility index (Phi) is 7.42. The van der Waals surface area contributed by atoms with Gasteiger partial charge in [0.1, 0.15) is 6.54 Å². The zero-order chi connectivity index (χ0) is 21.5. The number of amides is 2. The fraction of sp³-hybridized carbons (Fsp3) is 0.238. The van der Waals surface area contributed by atoms with Crippen molar-refractivity contribution in [3.63, 3.8) is 0 Å². The predicted octanol–water partition coefficient (Wildman–Crippen LogP) is 3.44. The molecular weight excluding hydrogens is 422 g/mol. The number of nitrogens with one attached hydrogen (secondary N) is 1. The van der Waals surface area contributed by atoms with Crippen LogP contribution in [0.4, 0.5) is 5.69 Å². The summed E-state index contributed by atoms with van der Waals surface area (Å²) in [5, 5.41) is 2.73. The molecule has 9 heteroatoms. The van der Waals surface area contributed by atoms with E-state index >= 15 is 0 Å². The molecule has 30 heavy (non-hydrogen) atoms. The highest BCUT2D eigenvalue weighted by atomic mass is 32.2. The summed E-state index contributed by atoms with van der Waals surface area (Å²) >= 11 is 2.88. The maximum atomic E-state index is 12.4. The van der Waals surface area contributed by atoms with Crippen molar-refractivity contribution in [1.82, 2.24) is 4.57 Å². The number of hydrogen-bond acceptors (Lipinski definition) is 6. The van der Waals surface area contributed by atoms with Crippen LogP contribution >= 0.6 is 23.1 Å². The Morgan fingerprint density at radius 2 is 1.93 bits per heavy atom. The number of thiazole rings is 1. The topological polar surface area (TPSA) is 89.8 Å². The fourth-order valence-electron chi connectivity index (χ4n) is 2.72. The lowest BCUT2D eigenvalue weighted by Crippen LogP contribution is -2.22. The first-order valence-electron chi connectivity index (χ1n) is 9.19. The summed E-state index contributed by atoms with van der Waals surface area (Å²) in [5.74, 6) is -0.259. The van der Waals surface area contributed by atoms with Crippen LogP contribution in [0.15, 0.2) is 58.4 Å². The Morgan fingerprint density at radius 1 is 1.17 bits per heavy atom. The van der Waals surface area contributed by atoms with Gasteiger partial charge in [-0.15, -0.1) is 11.8 Å². The van der Waals surface area contributed by atoms with Crippen molar-refractivity contribution < 1.29 is 19.1 Å². The number of anilines is 1. The third kappa shape index (κ3) is 5.80. The zero-order valence-corrected chi connectivity index (χ0v) is 18.2. The van der Waals surface area contributed by atoms with Gasteiger partial charge in [0.25, 0.3) is 0 Å². The van der Waals surface area contributed by atoms with Crippen LogP contribution in [0.25, 0.3) is 10.2 Å². The van der Waals surface area contributed by atoms with E-state index in [1.807, 2.05) is 30.3 Å². The molecule has 0 aliphatic carbocycles. The number of carbonyl (C=O) groups excluding carboxylic acids is 3. The van der Waals surface area contributed by atoms with Crippen LogP contribution in [0.3, 0.4) is 0 Å². The maximum absolute atomic E-state index is 12.4. The lowest BCUT2D eigenvalue weighted by atomic mass is 10.3. The third-order valence-corrected chi connectivity index (χ3v) is 6.12. The van der Waals surface area contributed by atoms with Gasteiger partial charge >= 0.3 is 5.97 Å². The molecule has 0 radical (unpaired) electrons. The van der Waals surface area contributed by atoms with Gasteiger partial charge in [-0.2, -0.15) is 4.99 Å². The van der Waals surface area contributed by atoms with Crippen molar-refractivity contribution in [2.45, 2.75) is 24.8 Å². The monoisotopic (exact) mass is 443 g/mol. The lowest BCUT2D eigenvalue weighted by molar-refractivity contribution is -0.141. The van der Waals surface area contributed by atoms with Gasteiger partial charge in [0.2, 0.25) is 11.8 Å². The zero-order valence-electron chi connectivity index (χ0n) is 16.6. The lowest BCUT2D eigenvalue weighted by Gasteiger charge is -2.05. The van der Waals surface area contributed by atoms with Gasteiger partial charge in [0.15, 0.2) is 4.80 Å². The molecule has 0 saturated carbocycles. The molecule has 0 saturated heterocycles. The van der Waals surface area contributed by atoms with Gasteiger partial charge in [0.05, 0.1) is 17.3 Å². The second kappa shape index (κ2) is 10.2. The van der Waals surface area contributed by atoms with Gasteiger partial charge in [-0.25, -0.2) is 0 Å². The summed E-state index contributed by atoms with van der Waals surface area (Å²) in [4.78, 5) is 41.4. The van der Waals surface area contributed by atoms with Crippen molar-refractivity contribution in [2.24, 2.45) is 4.99 Å². The summed E-state index contributed by atoms with van der Waals surface area (Å²) in [6.45, 7) is 1.38. The Morgan fingerprint density at radius 3 is 2.63 bits per heavy atom. The van der Waals surface area contributed by atoms with Crippen LogP contribution in [0.2, 0.25) is 0 Å². The second-order valence-corrected chi connectivity index (χ2v) is 8.51. The molecule has 1 heterocycles. The van der Waals surface area contributed by atoms with E-state index in [1.165, 1.54) is 25.4 Å². The smallest absolute Gasteiger partial charge is 0.325 e.